The predicted molar refractivity (Wildman–Crippen MR) is 125 cm³/mol. The van der Waals surface area contributed by atoms with E-state index in [4.69, 9.17) is 4.98 Å². The van der Waals surface area contributed by atoms with E-state index in [9.17, 15) is 4.79 Å². The number of fused-ring (bicyclic) bond motifs is 1. The van der Waals surface area contributed by atoms with E-state index in [0.29, 0.717) is 5.56 Å². The summed E-state index contributed by atoms with van der Waals surface area (Å²) in [5.74, 6) is -0.112. The van der Waals surface area contributed by atoms with E-state index in [2.05, 4.69) is 62.6 Å². The van der Waals surface area contributed by atoms with E-state index >= 15 is 0 Å². The van der Waals surface area contributed by atoms with E-state index in [0.717, 1.165) is 33.6 Å². The molecule has 0 saturated carbocycles. The molecule has 0 unspecified atom stereocenters. The lowest BCUT2D eigenvalue weighted by atomic mass is 10.1. The lowest BCUT2D eigenvalue weighted by Crippen LogP contribution is -2.14. The molecule has 1 amide bonds. The van der Waals surface area contributed by atoms with Gasteiger partial charge in [0.2, 0.25) is 0 Å². The van der Waals surface area contributed by atoms with Crippen molar-refractivity contribution in [2.45, 2.75) is 0 Å². The molecule has 0 aliphatic rings. The van der Waals surface area contributed by atoms with Crippen LogP contribution < -0.4 is 5.32 Å². The normalized spacial score (nSPS) is 10.8. The Hall–Kier alpha value is -1.52. The van der Waals surface area contributed by atoms with E-state index in [1.165, 1.54) is 0 Å². The van der Waals surface area contributed by atoms with E-state index < -0.39 is 0 Å². The molecule has 0 aliphatic carbocycles. The summed E-state index contributed by atoms with van der Waals surface area (Å²) < 4.78 is 3.16. The van der Waals surface area contributed by atoms with Crippen molar-refractivity contribution in [2.24, 2.45) is 0 Å². The van der Waals surface area contributed by atoms with Crippen LogP contribution in [0.1, 0.15) is 10.4 Å². The Labute approximate surface area is 182 Å². The Kier molecular flexibility index (Phi) is 5.23. The van der Waals surface area contributed by atoms with Crippen molar-refractivity contribution in [2.75, 3.05) is 5.32 Å². The fraction of sp³-hybridized carbons (Fsp3) is 0. The lowest BCUT2D eigenvalue weighted by Gasteiger charge is -2.11. The number of carbonyl (C=O) groups excluding carboxylic acids is 1. The van der Waals surface area contributed by atoms with Gasteiger partial charge < -0.3 is 5.32 Å². The van der Waals surface area contributed by atoms with Gasteiger partial charge in [0.1, 0.15) is 5.01 Å². The molecule has 0 radical (unpaired) electrons. The molecular formula is C20H12I2N2OS. The molecule has 4 rings (SSSR count). The van der Waals surface area contributed by atoms with Crippen molar-refractivity contribution in [1.29, 1.82) is 0 Å². The summed E-state index contributed by atoms with van der Waals surface area (Å²) in [6.07, 6.45) is 0. The maximum absolute atomic E-state index is 12.7. The SMILES string of the molecule is O=C(Nc1ccc(I)cc1-c1nc2ccccc2s1)c1ccccc1I. The highest BCUT2D eigenvalue weighted by Gasteiger charge is 2.15. The third-order valence-electron chi connectivity index (χ3n) is 3.87. The standard InChI is InChI=1S/C20H12I2N2OS/c21-12-9-10-16(23-19(25)13-5-1-2-6-15(13)22)14(11-12)20-24-17-7-3-4-8-18(17)26-20/h1-11H,(H,23,25). The summed E-state index contributed by atoms with van der Waals surface area (Å²) in [6.45, 7) is 0. The number of carbonyl (C=O) groups is 1. The average Bonchev–Trinajstić information content (AvgIpc) is 3.07. The van der Waals surface area contributed by atoms with Crippen LogP contribution in [0, 0.1) is 7.14 Å². The Morgan fingerprint density at radius 1 is 0.962 bits per heavy atom. The Bertz CT molecular complexity index is 1090. The van der Waals surface area contributed by atoms with Gasteiger partial charge in [-0.05, 0) is 87.6 Å². The fourth-order valence-corrected chi connectivity index (χ4v) is 4.74. The minimum Gasteiger partial charge on any atom is -0.321 e. The number of hydrogen-bond donors (Lipinski definition) is 1. The zero-order valence-corrected chi connectivity index (χ0v) is 18.5. The van der Waals surface area contributed by atoms with E-state index in [1.807, 2.05) is 54.6 Å². The molecule has 6 heteroatoms. The van der Waals surface area contributed by atoms with Crippen LogP contribution in [-0.2, 0) is 0 Å². The molecule has 0 aliphatic heterocycles. The molecular weight excluding hydrogens is 570 g/mol. The van der Waals surface area contributed by atoms with Gasteiger partial charge in [0.05, 0.1) is 21.5 Å². The van der Waals surface area contributed by atoms with Crippen molar-refractivity contribution in [3.63, 3.8) is 0 Å². The first kappa shape index (κ1) is 17.9. The van der Waals surface area contributed by atoms with Crippen LogP contribution in [0.25, 0.3) is 20.8 Å². The molecule has 0 spiro atoms. The van der Waals surface area contributed by atoms with Gasteiger partial charge in [-0.2, -0.15) is 0 Å². The quantitative estimate of drug-likeness (QED) is 0.284. The second-order valence-corrected chi connectivity index (χ2v) is 9.05. The topological polar surface area (TPSA) is 42.0 Å². The summed E-state index contributed by atoms with van der Waals surface area (Å²) in [7, 11) is 0. The number of para-hydroxylation sites is 1. The van der Waals surface area contributed by atoms with Gasteiger partial charge in [0.25, 0.3) is 5.91 Å². The van der Waals surface area contributed by atoms with Crippen LogP contribution in [0.2, 0.25) is 0 Å². The largest absolute Gasteiger partial charge is 0.321 e. The summed E-state index contributed by atoms with van der Waals surface area (Å²) in [4.78, 5) is 17.5. The summed E-state index contributed by atoms with van der Waals surface area (Å²) >= 11 is 6.09. The molecule has 1 aromatic heterocycles. The number of anilines is 1. The number of rotatable bonds is 3. The van der Waals surface area contributed by atoms with Crippen LogP contribution in [0.4, 0.5) is 5.69 Å². The number of nitrogens with one attached hydrogen (secondary N) is 1. The first-order valence-electron chi connectivity index (χ1n) is 7.83. The third kappa shape index (κ3) is 3.63. The Morgan fingerprint density at radius 3 is 2.54 bits per heavy atom. The molecule has 3 nitrogen and oxygen atoms in total. The molecule has 1 N–H and O–H groups in total. The first-order chi connectivity index (χ1) is 12.6. The highest BCUT2D eigenvalue weighted by molar-refractivity contribution is 14.1. The summed E-state index contributed by atoms with van der Waals surface area (Å²) in [6, 6.07) is 21.6. The Balaban J connectivity index is 1.75. The van der Waals surface area contributed by atoms with Gasteiger partial charge in [-0.15, -0.1) is 11.3 Å². The van der Waals surface area contributed by atoms with Crippen LogP contribution in [0.15, 0.2) is 66.7 Å². The number of aromatic nitrogens is 1. The fourth-order valence-electron chi connectivity index (χ4n) is 2.62. The average molecular weight is 582 g/mol. The van der Waals surface area contributed by atoms with Gasteiger partial charge >= 0.3 is 0 Å². The van der Waals surface area contributed by atoms with Gasteiger partial charge in [0, 0.05) is 12.7 Å². The van der Waals surface area contributed by atoms with Gasteiger partial charge in [-0.1, -0.05) is 24.3 Å². The molecule has 1 heterocycles. The highest BCUT2D eigenvalue weighted by atomic mass is 127. The zero-order valence-electron chi connectivity index (χ0n) is 13.4. The molecule has 3 aromatic carbocycles. The maximum Gasteiger partial charge on any atom is 0.256 e. The molecule has 26 heavy (non-hydrogen) atoms. The minimum atomic E-state index is -0.112. The first-order valence-corrected chi connectivity index (χ1v) is 10.8. The van der Waals surface area contributed by atoms with Crippen LogP contribution in [-0.4, -0.2) is 10.9 Å². The van der Waals surface area contributed by atoms with Gasteiger partial charge in [-0.25, -0.2) is 4.98 Å². The molecule has 0 bridgehead atoms. The predicted octanol–water partition coefficient (Wildman–Crippen LogP) is 6.42. The Morgan fingerprint density at radius 2 is 1.73 bits per heavy atom. The van der Waals surface area contributed by atoms with Crippen LogP contribution >= 0.6 is 56.5 Å². The second-order valence-electron chi connectivity index (χ2n) is 5.61. The van der Waals surface area contributed by atoms with Crippen LogP contribution in [0.3, 0.4) is 0 Å². The van der Waals surface area contributed by atoms with Crippen molar-refractivity contribution < 1.29 is 4.79 Å². The van der Waals surface area contributed by atoms with Crippen LogP contribution in [0.5, 0.6) is 0 Å². The summed E-state index contributed by atoms with van der Waals surface area (Å²) in [5.41, 5.74) is 3.36. The number of halogens is 2. The summed E-state index contributed by atoms with van der Waals surface area (Å²) in [5, 5.41) is 3.96. The number of nitrogens with zero attached hydrogens (tertiary/aromatic N) is 1. The lowest BCUT2D eigenvalue weighted by molar-refractivity contribution is 0.102. The molecule has 128 valence electrons. The molecule has 0 atom stereocenters. The number of thiazole rings is 1. The van der Waals surface area contributed by atoms with Gasteiger partial charge in [0.15, 0.2) is 0 Å². The maximum atomic E-state index is 12.7. The van der Waals surface area contributed by atoms with Crippen molar-refractivity contribution in [1.82, 2.24) is 4.98 Å². The second kappa shape index (κ2) is 7.61. The monoisotopic (exact) mass is 582 g/mol. The van der Waals surface area contributed by atoms with Crippen molar-refractivity contribution >= 4 is 78.3 Å². The van der Waals surface area contributed by atoms with Gasteiger partial charge in [-0.3, -0.25) is 4.79 Å². The van der Waals surface area contributed by atoms with E-state index in [-0.39, 0.29) is 5.91 Å². The third-order valence-corrected chi connectivity index (χ3v) is 6.55. The zero-order chi connectivity index (χ0) is 18.1. The van der Waals surface area contributed by atoms with Crippen molar-refractivity contribution in [3.05, 3.63) is 79.4 Å². The smallest absolute Gasteiger partial charge is 0.256 e. The van der Waals surface area contributed by atoms with Crippen molar-refractivity contribution in [3.8, 4) is 10.6 Å². The highest BCUT2D eigenvalue weighted by Crippen LogP contribution is 2.35. The molecule has 0 fully saturated rings. The number of hydrogen-bond acceptors (Lipinski definition) is 3. The molecule has 0 saturated heterocycles. The molecule has 4 aromatic rings. The number of amides is 1. The number of benzene rings is 3. The van der Waals surface area contributed by atoms with E-state index in [1.54, 1.807) is 11.3 Å². The minimum absolute atomic E-state index is 0.112.